The molecule has 5 nitrogen and oxygen atoms in total. The van der Waals surface area contributed by atoms with Crippen molar-refractivity contribution in [1.82, 2.24) is 19.9 Å². The number of rotatable bonds is 5. The van der Waals surface area contributed by atoms with E-state index < -0.39 is 0 Å². The lowest BCUT2D eigenvalue weighted by atomic mass is 10.1. The van der Waals surface area contributed by atoms with Gasteiger partial charge < -0.3 is 14.9 Å². The van der Waals surface area contributed by atoms with E-state index in [0.29, 0.717) is 12.1 Å². The molecule has 4 aromatic rings. The molecule has 2 N–H and O–H groups in total. The zero-order valence-corrected chi connectivity index (χ0v) is 17.9. The van der Waals surface area contributed by atoms with Crippen molar-refractivity contribution in [2.75, 3.05) is 6.54 Å². The second kappa shape index (κ2) is 7.48. The molecule has 7 heteroatoms. The molecule has 0 aliphatic heterocycles. The number of halogens is 2. The van der Waals surface area contributed by atoms with Gasteiger partial charge in [0.2, 0.25) is 0 Å². The molecule has 0 aliphatic carbocycles. The molecule has 2 aromatic heterocycles. The number of aromatic amines is 1. The van der Waals surface area contributed by atoms with Crippen LogP contribution in [0.15, 0.2) is 51.5 Å². The van der Waals surface area contributed by atoms with Gasteiger partial charge in [-0.05, 0) is 69.5 Å². The third kappa shape index (κ3) is 3.53. The second-order valence-corrected chi connectivity index (χ2v) is 8.13. The Kier molecular flexibility index (Phi) is 5.06. The summed E-state index contributed by atoms with van der Waals surface area (Å²) >= 11 is 6.98. The molecule has 0 aliphatic rings. The first-order chi connectivity index (χ1) is 13.0. The minimum absolute atomic E-state index is 0.0670. The van der Waals surface area contributed by atoms with E-state index in [-0.39, 0.29) is 5.91 Å². The van der Waals surface area contributed by atoms with E-state index in [2.05, 4.69) is 57.8 Å². The van der Waals surface area contributed by atoms with Gasteiger partial charge in [0.15, 0.2) is 0 Å². The lowest BCUT2D eigenvalue weighted by Gasteiger charge is -2.08. The van der Waals surface area contributed by atoms with E-state index in [4.69, 9.17) is 0 Å². The normalized spacial score (nSPS) is 11.4. The standard InChI is InChI=1S/C20H18Br2N4O/c1-12-25-17-5-2-3-6-19(17)26(12)8-4-7-23-20(27)14-11-24-18-10-16(22)15(21)9-13(14)18/h2-3,5-6,9-11,24H,4,7-8H2,1H3,(H,23,27). The predicted molar refractivity (Wildman–Crippen MR) is 115 cm³/mol. The van der Waals surface area contributed by atoms with Crippen molar-refractivity contribution < 1.29 is 4.79 Å². The van der Waals surface area contributed by atoms with Crippen molar-refractivity contribution >= 4 is 59.7 Å². The summed E-state index contributed by atoms with van der Waals surface area (Å²) in [5.41, 5.74) is 3.72. The van der Waals surface area contributed by atoms with Gasteiger partial charge in [-0.25, -0.2) is 4.98 Å². The molecule has 2 aromatic carbocycles. The number of nitrogens with one attached hydrogen (secondary N) is 2. The van der Waals surface area contributed by atoms with Crippen molar-refractivity contribution in [3.05, 3.63) is 62.9 Å². The number of H-pyrrole nitrogens is 1. The van der Waals surface area contributed by atoms with Crippen molar-refractivity contribution in [1.29, 1.82) is 0 Å². The highest BCUT2D eigenvalue weighted by atomic mass is 79.9. The van der Waals surface area contributed by atoms with Crippen LogP contribution in [0.5, 0.6) is 0 Å². The highest BCUT2D eigenvalue weighted by Gasteiger charge is 2.13. The molecule has 0 atom stereocenters. The Morgan fingerprint density at radius 1 is 1.22 bits per heavy atom. The molecular formula is C20H18Br2N4O. The third-order valence-electron chi connectivity index (χ3n) is 4.66. The maximum absolute atomic E-state index is 12.6. The van der Waals surface area contributed by atoms with Crippen LogP contribution < -0.4 is 5.32 Å². The topological polar surface area (TPSA) is 62.7 Å². The van der Waals surface area contributed by atoms with Gasteiger partial charge >= 0.3 is 0 Å². The van der Waals surface area contributed by atoms with E-state index in [1.807, 2.05) is 37.3 Å². The van der Waals surface area contributed by atoms with Crippen molar-refractivity contribution in [2.24, 2.45) is 0 Å². The molecular weight excluding hydrogens is 472 g/mol. The summed E-state index contributed by atoms with van der Waals surface area (Å²) in [6.07, 6.45) is 2.59. The lowest BCUT2D eigenvalue weighted by molar-refractivity contribution is 0.0954. The molecule has 0 saturated heterocycles. The fourth-order valence-electron chi connectivity index (χ4n) is 3.32. The maximum atomic E-state index is 12.6. The third-order valence-corrected chi connectivity index (χ3v) is 6.50. The molecule has 0 spiro atoms. The molecule has 2 heterocycles. The number of hydrogen-bond acceptors (Lipinski definition) is 2. The molecule has 27 heavy (non-hydrogen) atoms. The van der Waals surface area contributed by atoms with E-state index in [9.17, 15) is 4.79 Å². The van der Waals surface area contributed by atoms with Gasteiger partial charge in [-0.3, -0.25) is 4.79 Å². The number of fused-ring (bicyclic) bond motifs is 2. The van der Waals surface area contributed by atoms with Crippen molar-refractivity contribution in [2.45, 2.75) is 19.9 Å². The Morgan fingerprint density at radius 2 is 2.00 bits per heavy atom. The van der Waals surface area contributed by atoms with Crippen LogP contribution in [0.2, 0.25) is 0 Å². The number of benzene rings is 2. The quantitative estimate of drug-likeness (QED) is 0.380. The fourth-order valence-corrected chi connectivity index (χ4v) is 4.00. The summed E-state index contributed by atoms with van der Waals surface area (Å²) in [6.45, 7) is 3.44. The molecule has 4 rings (SSSR count). The Morgan fingerprint density at radius 3 is 2.85 bits per heavy atom. The summed E-state index contributed by atoms with van der Waals surface area (Å²) in [6, 6.07) is 12.0. The minimum atomic E-state index is -0.0670. The van der Waals surface area contributed by atoms with Gasteiger partial charge in [0.1, 0.15) is 5.82 Å². The number of aryl methyl sites for hydroxylation is 2. The number of para-hydroxylation sites is 2. The van der Waals surface area contributed by atoms with Crippen LogP contribution in [0.1, 0.15) is 22.6 Å². The van der Waals surface area contributed by atoms with Gasteiger partial charge in [-0.1, -0.05) is 12.1 Å². The maximum Gasteiger partial charge on any atom is 0.253 e. The predicted octanol–water partition coefficient (Wildman–Crippen LogP) is 5.17. The molecule has 138 valence electrons. The van der Waals surface area contributed by atoms with Crippen LogP contribution in [0.3, 0.4) is 0 Å². The highest BCUT2D eigenvalue weighted by molar-refractivity contribution is 9.13. The van der Waals surface area contributed by atoms with Gasteiger partial charge in [0, 0.05) is 39.1 Å². The molecule has 1 amide bonds. The number of amides is 1. The van der Waals surface area contributed by atoms with E-state index in [1.54, 1.807) is 6.20 Å². The summed E-state index contributed by atoms with van der Waals surface area (Å²) in [4.78, 5) is 20.3. The SMILES string of the molecule is Cc1nc2ccccc2n1CCCNC(=O)c1c[nH]c2cc(Br)c(Br)cc12. The summed E-state index contributed by atoms with van der Waals surface area (Å²) in [5, 5.41) is 3.92. The van der Waals surface area contributed by atoms with Crippen LogP contribution >= 0.6 is 31.9 Å². The van der Waals surface area contributed by atoms with Crippen molar-refractivity contribution in [3.8, 4) is 0 Å². The van der Waals surface area contributed by atoms with Gasteiger partial charge in [-0.15, -0.1) is 0 Å². The molecule has 0 radical (unpaired) electrons. The lowest BCUT2D eigenvalue weighted by Crippen LogP contribution is -2.25. The Hall–Kier alpha value is -2.12. The molecule has 0 fully saturated rings. The summed E-state index contributed by atoms with van der Waals surface area (Å²) < 4.78 is 4.07. The summed E-state index contributed by atoms with van der Waals surface area (Å²) in [5.74, 6) is 0.928. The number of carbonyl (C=O) groups is 1. The number of carbonyl (C=O) groups excluding carboxylic acids is 1. The monoisotopic (exact) mass is 488 g/mol. The smallest absolute Gasteiger partial charge is 0.253 e. The Bertz CT molecular complexity index is 1150. The summed E-state index contributed by atoms with van der Waals surface area (Å²) in [7, 11) is 0. The van der Waals surface area contributed by atoms with Crippen molar-refractivity contribution in [3.63, 3.8) is 0 Å². The van der Waals surface area contributed by atoms with E-state index >= 15 is 0 Å². The highest BCUT2D eigenvalue weighted by Crippen LogP contribution is 2.30. The molecule has 0 bridgehead atoms. The van der Waals surface area contributed by atoms with Crippen LogP contribution in [0, 0.1) is 6.92 Å². The molecule has 0 saturated carbocycles. The fraction of sp³-hybridized carbons (Fsp3) is 0.200. The first kappa shape index (κ1) is 18.3. The second-order valence-electron chi connectivity index (χ2n) is 6.42. The van der Waals surface area contributed by atoms with Crippen LogP contribution in [-0.2, 0) is 6.54 Å². The van der Waals surface area contributed by atoms with Crippen LogP contribution in [-0.4, -0.2) is 27.0 Å². The van der Waals surface area contributed by atoms with Gasteiger partial charge in [-0.2, -0.15) is 0 Å². The Balaban J connectivity index is 1.41. The minimum Gasteiger partial charge on any atom is -0.360 e. The number of aromatic nitrogens is 3. The number of nitrogens with zero attached hydrogens (tertiary/aromatic N) is 2. The average Bonchev–Trinajstić information content (AvgIpc) is 3.19. The first-order valence-electron chi connectivity index (χ1n) is 8.71. The Labute approximate surface area is 173 Å². The zero-order chi connectivity index (χ0) is 19.0. The zero-order valence-electron chi connectivity index (χ0n) is 14.7. The van der Waals surface area contributed by atoms with Crippen LogP contribution in [0.4, 0.5) is 0 Å². The average molecular weight is 490 g/mol. The van der Waals surface area contributed by atoms with Crippen LogP contribution in [0.25, 0.3) is 21.9 Å². The van der Waals surface area contributed by atoms with Gasteiger partial charge in [0.05, 0.1) is 16.6 Å². The molecule has 0 unspecified atom stereocenters. The largest absolute Gasteiger partial charge is 0.360 e. The number of imidazole rings is 1. The van der Waals surface area contributed by atoms with E-state index in [0.717, 1.165) is 49.7 Å². The van der Waals surface area contributed by atoms with E-state index in [1.165, 1.54) is 0 Å². The first-order valence-corrected chi connectivity index (χ1v) is 10.3. The van der Waals surface area contributed by atoms with Gasteiger partial charge in [0.25, 0.3) is 5.91 Å². The number of hydrogen-bond donors (Lipinski definition) is 2.